The number of hydrogen-bond acceptors (Lipinski definition) is 2. The number of thioether (sulfide) groups is 1. The van der Waals surface area contributed by atoms with Crippen LogP contribution < -0.4 is 5.32 Å². The largest absolute Gasteiger partial charge is 0.309 e. The van der Waals surface area contributed by atoms with E-state index in [-0.39, 0.29) is 0 Å². The van der Waals surface area contributed by atoms with Gasteiger partial charge in [0.25, 0.3) is 0 Å². The second-order valence-electron chi connectivity index (χ2n) is 5.89. The molecule has 1 heterocycles. The van der Waals surface area contributed by atoms with Crippen LogP contribution in [-0.2, 0) is 6.54 Å². The quantitative estimate of drug-likeness (QED) is 0.878. The molecule has 1 saturated heterocycles. The molecule has 0 amide bonds. The van der Waals surface area contributed by atoms with Gasteiger partial charge in [-0.3, -0.25) is 0 Å². The predicted molar refractivity (Wildman–Crippen MR) is 77.5 cm³/mol. The number of benzene rings is 1. The maximum Gasteiger partial charge on any atom is 0.0211 e. The first-order chi connectivity index (χ1) is 8.07. The molecule has 1 nitrogen and oxygen atoms in total. The van der Waals surface area contributed by atoms with Gasteiger partial charge in [-0.15, -0.1) is 0 Å². The van der Waals surface area contributed by atoms with Crippen molar-refractivity contribution in [3.63, 3.8) is 0 Å². The first kappa shape index (κ1) is 13.0. The second kappa shape index (κ2) is 5.45. The Balaban J connectivity index is 1.88. The Kier molecular flexibility index (Phi) is 4.16. The molecule has 0 bridgehead atoms. The monoisotopic (exact) mass is 249 g/mol. The van der Waals surface area contributed by atoms with Crippen LogP contribution in [0, 0.1) is 12.3 Å². The first-order valence-electron chi connectivity index (χ1n) is 6.42. The molecule has 1 aliphatic heterocycles. The zero-order chi connectivity index (χ0) is 12.3. The lowest BCUT2D eigenvalue weighted by Crippen LogP contribution is -2.40. The lowest BCUT2D eigenvalue weighted by atomic mass is 9.88. The van der Waals surface area contributed by atoms with Crippen molar-refractivity contribution >= 4 is 11.8 Å². The summed E-state index contributed by atoms with van der Waals surface area (Å²) in [6.45, 7) is 7.95. The highest BCUT2D eigenvalue weighted by molar-refractivity contribution is 7.99. The fourth-order valence-electron chi connectivity index (χ4n) is 2.46. The highest BCUT2D eigenvalue weighted by Gasteiger charge is 2.27. The lowest BCUT2D eigenvalue weighted by Gasteiger charge is -2.35. The maximum atomic E-state index is 3.71. The number of aryl methyl sites for hydroxylation is 1. The second-order valence-corrected chi connectivity index (χ2v) is 6.92. The minimum absolute atomic E-state index is 0.492. The van der Waals surface area contributed by atoms with Crippen LogP contribution in [0.15, 0.2) is 24.3 Å². The molecule has 1 unspecified atom stereocenters. The molecular formula is C15H23NS. The fraction of sp³-hybridized carbons (Fsp3) is 0.600. The predicted octanol–water partition coefficient (Wildman–Crippen LogP) is 3.62. The van der Waals surface area contributed by atoms with E-state index in [4.69, 9.17) is 0 Å². The van der Waals surface area contributed by atoms with Gasteiger partial charge in [-0.1, -0.05) is 38.1 Å². The summed E-state index contributed by atoms with van der Waals surface area (Å²) in [4.78, 5) is 0. The van der Waals surface area contributed by atoms with Crippen molar-refractivity contribution < 1.29 is 0 Å². The van der Waals surface area contributed by atoms with Crippen LogP contribution in [0.3, 0.4) is 0 Å². The molecule has 2 heteroatoms. The van der Waals surface area contributed by atoms with Gasteiger partial charge >= 0.3 is 0 Å². The van der Waals surface area contributed by atoms with Gasteiger partial charge in [0.05, 0.1) is 0 Å². The Labute approximate surface area is 109 Å². The van der Waals surface area contributed by atoms with Crippen LogP contribution in [0.1, 0.15) is 31.4 Å². The third kappa shape index (κ3) is 3.75. The summed E-state index contributed by atoms with van der Waals surface area (Å²) in [5.41, 5.74) is 3.32. The van der Waals surface area contributed by atoms with Crippen LogP contribution in [0.2, 0.25) is 0 Å². The van der Waals surface area contributed by atoms with Gasteiger partial charge in [-0.05, 0) is 35.6 Å². The lowest BCUT2D eigenvalue weighted by molar-refractivity contribution is 0.317. The Morgan fingerprint density at radius 3 is 2.82 bits per heavy atom. The summed E-state index contributed by atoms with van der Waals surface area (Å²) in [6, 6.07) is 9.32. The summed E-state index contributed by atoms with van der Waals surface area (Å²) in [5, 5.41) is 3.71. The molecule has 1 N–H and O–H groups in total. The minimum Gasteiger partial charge on any atom is -0.309 e. The molecule has 1 aromatic carbocycles. The summed E-state index contributed by atoms with van der Waals surface area (Å²) in [5.74, 6) is 2.56. The van der Waals surface area contributed by atoms with Crippen molar-refractivity contribution in [2.45, 2.75) is 39.8 Å². The fourth-order valence-corrected chi connectivity index (χ4v) is 3.76. The van der Waals surface area contributed by atoms with Gasteiger partial charge < -0.3 is 5.32 Å². The highest BCUT2D eigenvalue weighted by atomic mass is 32.2. The smallest absolute Gasteiger partial charge is 0.0211 e. The van der Waals surface area contributed by atoms with Crippen molar-refractivity contribution in [2.24, 2.45) is 5.41 Å². The first-order valence-corrected chi connectivity index (χ1v) is 7.58. The third-order valence-corrected chi connectivity index (χ3v) is 5.08. The van der Waals surface area contributed by atoms with Crippen LogP contribution in [0.4, 0.5) is 0 Å². The molecule has 0 aromatic heterocycles. The Morgan fingerprint density at radius 2 is 2.12 bits per heavy atom. The van der Waals surface area contributed by atoms with E-state index >= 15 is 0 Å². The average Bonchev–Trinajstić information content (AvgIpc) is 2.27. The van der Waals surface area contributed by atoms with E-state index in [0.717, 1.165) is 6.54 Å². The minimum atomic E-state index is 0.492. The van der Waals surface area contributed by atoms with E-state index in [1.165, 1.54) is 29.1 Å². The summed E-state index contributed by atoms with van der Waals surface area (Å²) >= 11 is 2.09. The third-order valence-electron chi connectivity index (χ3n) is 3.45. The van der Waals surface area contributed by atoms with Crippen molar-refractivity contribution in [3.05, 3.63) is 35.4 Å². The zero-order valence-corrected chi connectivity index (χ0v) is 11.9. The van der Waals surface area contributed by atoms with E-state index in [1.807, 2.05) is 0 Å². The van der Waals surface area contributed by atoms with Crippen molar-refractivity contribution in [1.82, 2.24) is 5.32 Å². The summed E-state index contributed by atoms with van der Waals surface area (Å²) < 4.78 is 0. The van der Waals surface area contributed by atoms with Gasteiger partial charge in [0.15, 0.2) is 0 Å². The van der Waals surface area contributed by atoms with E-state index < -0.39 is 0 Å². The van der Waals surface area contributed by atoms with Crippen LogP contribution >= 0.6 is 11.8 Å². The molecule has 2 rings (SSSR count). The summed E-state index contributed by atoms with van der Waals surface area (Å²) in [6.07, 6.45) is 1.30. The van der Waals surface area contributed by atoms with E-state index in [9.17, 15) is 0 Å². The SMILES string of the molecule is Cc1ccccc1CNC1CSCC(C)(C)C1. The highest BCUT2D eigenvalue weighted by Crippen LogP contribution is 2.33. The molecule has 0 saturated carbocycles. The topological polar surface area (TPSA) is 12.0 Å². The Hall–Kier alpha value is -0.470. The van der Waals surface area contributed by atoms with E-state index in [0.29, 0.717) is 11.5 Å². The Bertz CT molecular complexity index is 373. The molecule has 1 aliphatic rings. The maximum absolute atomic E-state index is 3.71. The van der Waals surface area contributed by atoms with Gasteiger partial charge in [0.2, 0.25) is 0 Å². The van der Waals surface area contributed by atoms with Crippen LogP contribution in [-0.4, -0.2) is 17.5 Å². The van der Waals surface area contributed by atoms with E-state index in [1.54, 1.807) is 0 Å². The van der Waals surface area contributed by atoms with Crippen molar-refractivity contribution in [1.29, 1.82) is 0 Å². The molecular weight excluding hydrogens is 226 g/mol. The standard InChI is InChI=1S/C15H23NS/c1-12-6-4-5-7-13(12)9-16-14-8-15(2,3)11-17-10-14/h4-7,14,16H,8-11H2,1-3H3. The molecule has 0 radical (unpaired) electrons. The average molecular weight is 249 g/mol. The van der Waals surface area contributed by atoms with Gasteiger partial charge in [0.1, 0.15) is 0 Å². The van der Waals surface area contributed by atoms with E-state index in [2.05, 4.69) is 62.1 Å². The van der Waals surface area contributed by atoms with Gasteiger partial charge in [-0.25, -0.2) is 0 Å². The molecule has 0 spiro atoms. The van der Waals surface area contributed by atoms with Crippen molar-refractivity contribution in [2.75, 3.05) is 11.5 Å². The molecule has 17 heavy (non-hydrogen) atoms. The summed E-state index contributed by atoms with van der Waals surface area (Å²) in [7, 11) is 0. The number of rotatable bonds is 3. The van der Waals surface area contributed by atoms with Crippen molar-refractivity contribution in [3.8, 4) is 0 Å². The van der Waals surface area contributed by atoms with Gasteiger partial charge in [-0.2, -0.15) is 11.8 Å². The molecule has 1 aromatic rings. The molecule has 1 fully saturated rings. The zero-order valence-electron chi connectivity index (χ0n) is 11.1. The number of nitrogens with one attached hydrogen (secondary N) is 1. The number of hydrogen-bond donors (Lipinski definition) is 1. The van der Waals surface area contributed by atoms with Crippen LogP contribution in [0.25, 0.3) is 0 Å². The Morgan fingerprint density at radius 1 is 1.35 bits per heavy atom. The van der Waals surface area contributed by atoms with Crippen LogP contribution in [0.5, 0.6) is 0 Å². The van der Waals surface area contributed by atoms with Gasteiger partial charge in [0, 0.05) is 18.3 Å². The normalized spacial score (nSPS) is 23.6. The molecule has 1 atom stereocenters. The molecule has 94 valence electrons. The molecule has 0 aliphatic carbocycles.